The summed E-state index contributed by atoms with van der Waals surface area (Å²) < 4.78 is 0. The van der Waals surface area contributed by atoms with E-state index in [2.05, 4.69) is 5.32 Å². The smallest absolute Gasteiger partial charge is 0.273 e. The van der Waals surface area contributed by atoms with Crippen LogP contribution in [0.3, 0.4) is 0 Å². The number of aliphatic hydroxyl groups is 1. The first-order chi connectivity index (χ1) is 9.81. The molecule has 0 saturated heterocycles. The van der Waals surface area contributed by atoms with Crippen molar-refractivity contribution in [3.05, 3.63) is 39.4 Å². The molecule has 0 aromatic heterocycles. The summed E-state index contributed by atoms with van der Waals surface area (Å²) in [7, 11) is 3.80. The van der Waals surface area contributed by atoms with Crippen molar-refractivity contribution < 1.29 is 10.0 Å². The van der Waals surface area contributed by atoms with Crippen LogP contribution in [-0.4, -0.2) is 48.2 Å². The Bertz CT molecular complexity index is 475. The third kappa shape index (κ3) is 5.79. The molecule has 2 N–H and O–H groups in total. The highest BCUT2D eigenvalue weighted by Crippen LogP contribution is 2.27. The summed E-state index contributed by atoms with van der Waals surface area (Å²) in [5, 5.41) is 24.0. The molecule has 1 aromatic rings. The molecule has 0 spiro atoms. The lowest BCUT2D eigenvalue weighted by molar-refractivity contribution is -0.385. The lowest BCUT2D eigenvalue weighted by Gasteiger charge is -2.16. The number of rotatable bonds is 8. The van der Waals surface area contributed by atoms with Crippen molar-refractivity contribution in [2.75, 3.05) is 27.2 Å². The molecule has 1 unspecified atom stereocenters. The molecule has 0 saturated carbocycles. The van der Waals surface area contributed by atoms with Gasteiger partial charge < -0.3 is 15.3 Å². The van der Waals surface area contributed by atoms with Crippen LogP contribution in [0.5, 0.6) is 0 Å². The van der Waals surface area contributed by atoms with Gasteiger partial charge in [-0.1, -0.05) is 26.0 Å². The van der Waals surface area contributed by atoms with Crippen LogP contribution in [0.2, 0.25) is 0 Å². The highest BCUT2D eigenvalue weighted by Gasteiger charge is 2.16. The van der Waals surface area contributed by atoms with Gasteiger partial charge >= 0.3 is 0 Å². The van der Waals surface area contributed by atoms with Crippen molar-refractivity contribution in [3.8, 4) is 0 Å². The molecule has 1 atom stereocenters. The number of likely N-dealkylation sites (N-methyl/N-ethyl adjacent to an activating group) is 1. The second-order valence-electron chi connectivity index (χ2n) is 5.85. The molecule has 6 nitrogen and oxygen atoms in total. The van der Waals surface area contributed by atoms with Crippen molar-refractivity contribution in [1.82, 2.24) is 10.2 Å². The Balaban J connectivity index is 2.64. The van der Waals surface area contributed by atoms with Gasteiger partial charge in [-0.15, -0.1) is 0 Å². The first-order valence-electron chi connectivity index (χ1n) is 7.12. The molecule has 0 aliphatic heterocycles. The van der Waals surface area contributed by atoms with E-state index in [0.717, 1.165) is 11.1 Å². The first-order valence-corrected chi connectivity index (χ1v) is 7.12. The predicted molar refractivity (Wildman–Crippen MR) is 83.5 cm³/mol. The monoisotopic (exact) mass is 295 g/mol. The lowest BCUT2D eigenvalue weighted by Crippen LogP contribution is -2.34. The van der Waals surface area contributed by atoms with Crippen LogP contribution in [0.4, 0.5) is 5.69 Å². The van der Waals surface area contributed by atoms with Gasteiger partial charge in [0.15, 0.2) is 0 Å². The van der Waals surface area contributed by atoms with Crippen LogP contribution < -0.4 is 5.32 Å². The molecular formula is C15H25N3O3. The number of aliphatic hydroxyl groups excluding tert-OH is 1. The number of nitro benzene ring substituents is 1. The molecule has 1 aromatic carbocycles. The van der Waals surface area contributed by atoms with Crippen molar-refractivity contribution >= 4 is 5.69 Å². The van der Waals surface area contributed by atoms with Gasteiger partial charge in [-0.2, -0.15) is 0 Å². The molecule has 21 heavy (non-hydrogen) atoms. The Labute approximate surface area is 125 Å². The molecule has 0 radical (unpaired) electrons. The molecule has 0 amide bonds. The zero-order chi connectivity index (χ0) is 16.0. The third-order valence-electron chi connectivity index (χ3n) is 3.20. The minimum absolute atomic E-state index is 0.120. The van der Waals surface area contributed by atoms with E-state index in [9.17, 15) is 15.2 Å². The molecule has 0 fully saturated rings. The van der Waals surface area contributed by atoms with Gasteiger partial charge in [0.2, 0.25) is 0 Å². The van der Waals surface area contributed by atoms with Crippen LogP contribution in [0.15, 0.2) is 18.2 Å². The largest absolute Gasteiger partial charge is 0.390 e. The molecule has 0 aliphatic rings. The zero-order valence-corrected chi connectivity index (χ0v) is 13.2. The van der Waals surface area contributed by atoms with E-state index in [0.29, 0.717) is 19.6 Å². The predicted octanol–water partition coefficient (Wildman–Crippen LogP) is 1.73. The van der Waals surface area contributed by atoms with Crippen LogP contribution in [-0.2, 0) is 6.54 Å². The van der Waals surface area contributed by atoms with Gasteiger partial charge in [0.1, 0.15) is 0 Å². The van der Waals surface area contributed by atoms with E-state index in [1.807, 2.05) is 45.0 Å². The van der Waals surface area contributed by atoms with E-state index in [4.69, 9.17) is 0 Å². The Morgan fingerprint density at radius 1 is 1.38 bits per heavy atom. The Morgan fingerprint density at radius 2 is 2.05 bits per heavy atom. The normalized spacial score (nSPS) is 12.9. The van der Waals surface area contributed by atoms with Gasteiger partial charge in [-0.25, -0.2) is 0 Å². The first kappa shape index (κ1) is 17.6. The highest BCUT2D eigenvalue weighted by atomic mass is 16.6. The maximum Gasteiger partial charge on any atom is 0.273 e. The van der Waals surface area contributed by atoms with E-state index in [1.54, 1.807) is 6.07 Å². The summed E-state index contributed by atoms with van der Waals surface area (Å²) in [5.74, 6) is 0.120. The topological polar surface area (TPSA) is 78.6 Å². The van der Waals surface area contributed by atoms with E-state index >= 15 is 0 Å². The summed E-state index contributed by atoms with van der Waals surface area (Å²) in [4.78, 5) is 12.7. The highest BCUT2D eigenvalue weighted by molar-refractivity contribution is 5.45. The fraction of sp³-hybridized carbons (Fsp3) is 0.600. The standard InChI is InChI=1S/C15H25N3O3/c1-11(2)14-6-5-12(7-15(14)18(20)21)8-16-9-13(19)10-17(3)4/h5-7,11,13,16,19H,8-10H2,1-4H3. The number of nitrogens with one attached hydrogen (secondary N) is 1. The molecule has 0 heterocycles. The van der Waals surface area contributed by atoms with Crippen molar-refractivity contribution in [3.63, 3.8) is 0 Å². The fourth-order valence-electron chi connectivity index (χ4n) is 2.21. The average molecular weight is 295 g/mol. The van der Waals surface area contributed by atoms with Crippen molar-refractivity contribution in [1.29, 1.82) is 0 Å². The van der Waals surface area contributed by atoms with E-state index in [-0.39, 0.29) is 16.5 Å². The second-order valence-corrected chi connectivity index (χ2v) is 5.85. The van der Waals surface area contributed by atoms with Crippen molar-refractivity contribution in [2.24, 2.45) is 0 Å². The average Bonchev–Trinajstić information content (AvgIpc) is 2.37. The molecule has 0 aliphatic carbocycles. The number of hydrogen-bond acceptors (Lipinski definition) is 5. The molecule has 6 heteroatoms. The van der Waals surface area contributed by atoms with Crippen LogP contribution in [0.25, 0.3) is 0 Å². The molecule has 1 rings (SSSR count). The minimum Gasteiger partial charge on any atom is -0.390 e. The summed E-state index contributed by atoms with van der Waals surface area (Å²) in [6.45, 7) is 5.43. The lowest BCUT2D eigenvalue weighted by atomic mass is 9.99. The summed E-state index contributed by atoms with van der Waals surface area (Å²) >= 11 is 0. The summed E-state index contributed by atoms with van der Waals surface area (Å²) in [6.07, 6.45) is -0.454. The van der Waals surface area contributed by atoms with Crippen LogP contribution in [0, 0.1) is 10.1 Å². The number of hydrogen-bond donors (Lipinski definition) is 2. The Morgan fingerprint density at radius 3 is 2.57 bits per heavy atom. The molecular weight excluding hydrogens is 270 g/mol. The number of nitrogens with zero attached hydrogens (tertiary/aromatic N) is 2. The van der Waals surface area contributed by atoms with Gasteiger partial charge in [-0.05, 0) is 25.6 Å². The van der Waals surface area contributed by atoms with Gasteiger partial charge in [-0.3, -0.25) is 10.1 Å². The Hall–Kier alpha value is -1.50. The van der Waals surface area contributed by atoms with Crippen LogP contribution >= 0.6 is 0 Å². The SMILES string of the molecule is CC(C)c1ccc(CNCC(O)CN(C)C)cc1[N+](=O)[O-]. The fourth-order valence-corrected chi connectivity index (χ4v) is 2.21. The van der Waals surface area contributed by atoms with E-state index in [1.165, 1.54) is 0 Å². The number of benzene rings is 1. The maximum atomic E-state index is 11.1. The molecule has 118 valence electrons. The maximum absolute atomic E-state index is 11.1. The van der Waals surface area contributed by atoms with Gasteiger partial charge in [0, 0.05) is 31.3 Å². The number of nitro groups is 1. The summed E-state index contributed by atoms with van der Waals surface area (Å²) in [5.41, 5.74) is 1.76. The van der Waals surface area contributed by atoms with Gasteiger partial charge in [0.05, 0.1) is 11.0 Å². The minimum atomic E-state index is -0.454. The van der Waals surface area contributed by atoms with E-state index < -0.39 is 6.10 Å². The summed E-state index contributed by atoms with van der Waals surface area (Å²) in [6, 6.07) is 5.32. The Kier molecular flexibility index (Phi) is 6.74. The van der Waals surface area contributed by atoms with Crippen LogP contribution in [0.1, 0.15) is 30.9 Å². The quantitative estimate of drug-likeness (QED) is 0.564. The van der Waals surface area contributed by atoms with Crippen molar-refractivity contribution in [2.45, 2.75) is 32.4 Å². The van der Waals surface area contributed by atoms with Gasteiger partial charge in [0.25, 0.3) is 5.69 Å². The molecule has 0 bridgehead atoms. The third-order valence-corrected chi connectivity index (χ3v) is 3.20. The zero-order valence-electron chi connectivity index (χ0n) is 13.2. The second kappa shape index (κ2) is 8.07.